The van der Waals surface area contributed by atoms with Gasteiger partial charge in [0.1, 0.15) is 29.9 Å². The number of ether oxygens (including phenoxy) is 2. The molecule has 6 N–H and O–H groups in total. The maximum Gasteiger partial charge on any atom is 0.343 e. The van der Waals surface area contributed by atoms with Crippen LogP contribution in [0.2, 0.25) is 0 Å². The van der Waals surface area contributed by atoms with Crippen LogP contribution in [0, 0.1) is 10.8 Å². The van der Waals surface area contributed by atoms with Crippen LogP contribution >= 0.6 is 0 Å². The van der Waals surface area contributed by atoms with E-state index >= 15 is 0 Å². The molecule has 0 aromatic heterocycles. The summed E-state index contributed by atoms with van der Waals surface area (Å²) in [5, 5.41) is 18.3. The van der Waals surface area contributed by atoms with E-state index in [9.17, 15) is 33.6 Å². The van der Waals surface area contributed by atoms with Crippen molar-refractivity contribution in [2.75, 3.05) is 20.6 Å². The van der Waals surface area contributed by atoms with E-state index in [0.717, 1.165) is 60.8 Å². The second-order valence-corrected chi connectivity index (χ2v) is 24.3. The molecule has 17 heteroatoms. The Kier molecular flexibility index (Phi) is 18.7. The fourth-order valence-electron chi connectivity index (χ4n) is 11.4. The number of carbonyl (C=O) groups excluding carboxylic acids is 7. The van der Waals surface area contributed by atoms with Crippen LogP contribution in [0.5, 0.6) is 5.75 Å². The van der Waals surface area contributed by atoms with Gasteiger partial charge in [0.2, 0.25) is 35.4 Å². The Morgan fingerprint density at radius 1 is 0.613 bits per heavy atom. The number of fused-ring (bicyclic) bond motifs is 3. The molecule has 0 spiro atoms. The summed E-state index contributed by atoms with van der Waals surface area (Å²) >= 11 is 0. The predicted octanol–water partition coefficient (Wildman–Crippen LogP) is 6.31. The van der Waals surface area contributed by atoms with Crippen molar-refractivity contribution in [3.8, 4) is 5.75 Å². The molecule has 1 fully saturated rings. The molecule has 6 amide bonds. The molecule has 17 nitrogen and oxygen atoms in total. The van der Waals surface area contributed by atoms with Gasteiger partial charge in [-0.05, 0) is 141 Å². The monoisotopic (exact) mass is 1090 g/mol. The van der Waals surface area contributed by atoms with Gasteiger partial charge >= 0.3 is 5.97 Å². The van der Waals surface area contributed by atoms with Crippen LogP contribution in [0.4, 0.5) is 0 Å². The Bertz CT molecular complexity index is 2930. The van der Waals surface area contributed by atoms with Crippen molar-refractivity contribution in [1.29, 1.82) is 0 Å². The Morgan fingerprint density at radius 3 is 1.65 bits per heavy atom. The van der Waals surface area contributed by atoms with Crippen LogP contribution in [0.25, 0.3) is 0 Å². The second-order valence-electron chi connectivity index (χ2n) is 24.3. The molecule has 0 bridgehead atoms. The molecule has 9 atom stereocenters. The van der Waals surface area contributed by atoms with Crippen LogP contribution in [0.3, 0.4) is 0 Å². The standard InChI is InChI=1S/C63H82N8O9/c1-37(64-9)55(72)68-53(62(3,4)5)59(76)70-34-44-31-45(30-29-43(44)32-51(70)57(74)66-49-23-15-19-40-17-11-13-21-47(40)49)80-61(78)42-27-25-39(26-28-42)36-79-46-33-52(58(75)67-50-24-16-20-41-18-12-14-22-48(41)50)71(35-46)60(77)54(63(6,7)8)69-56(73)38(2)65-10/h11-14,17-18,21-22,25-31,37-38,46,49-54,64-65H,15-16,19-20,23-24,32-36H2,1-10H3,(H,66,74)(H,67,75)(H,68,72)(H,69,73)/t37-,38-,46-,49+,50+,51-,52-,53?,54+/m0/s1. The van der Waals surface area contributed by atoms with Gasteiger partial charge in [-0.25, -0.2) is 4.79 Å². The molecule has 428 valence electrons. The van der Waals surface area contributed by atoms with Crippen molar-refractivity contribution in [2.45, 2.75) is 174 Å². The average Bonchev–Trinajstić information content (AvgIpc) is 3.96. The number of hydrogen-bond donors (Lipinski definition) is 6. The zero-order valence-corrected chi connectivity index (χ0v) is 48.2. The number of aryl methyl sites for hydroxylation is 2. The molecule has 4 aliphatic rings. The number of rotatable bonds is 17. The molecule has 4 aromatic carbocycles. The minimum atomic E-state index is -0.961. The van der Waals surface area contributed by atoms with Crippen LogP contribution in [0.15, 0.2) is 91.0 Å². The number of carbonyl (C=O) groups is 7. The highest BCUT2D eigenvalue weighted by Gasteiger charge is 2.47. The molecule has 1 saturated heterocycles. The van der Waals surface area contributed by atoms with E-state index in [0.29, 0.717) is 5.56 Å². The number of nitrogens with one attached hydrogen (secondary N) is 6. The molecule has 4 aromatic rings. The summed E-state index contributed by atoms with van der Waals surface area (Å²) in [6.07, 6.45) is 5.21. The number of esters is 1. The predicted molar refractivity (Wildman–Crippen MR) is 305 cm³/mol. The molecule has 0 saturated carbocycles. The lowest BCUT2D eigenvalue weighted by Crippen LogP contribution is -2.62. The molecular weight excluding hydrogens is 1010 g/mol. The van der Waals surface area contributed by atoms with Crippen molar-refractivity contribution in [2.24, 2.45) is 10.8 Å². The molecule has 1 unspecified atom stereocenters. The summed E-state index contributed by atoms with van der Waals surface area (Å²) in [5.74, 6) is -2.32. The van der Waals surface area contributed by atoms with Gasteiger partial charge in [-0.1, -0.05) is 108 Å². The van der Waals surface area contributed by atoms with Crippen LogP contribution in [-0.4, -0.2) is 114 Å². The van der Waals surface area contributed by atoms with Crippen molar-refractivity contribution < 1.29 is 43.0 Å². The molecular formula is C63H82N8O9. The largest absolute Gasteiger partial charge is 0.423 e. The third-order valence-electron chi connectivity index (χ3n) is 16.5. The number of benzene rings is 4. The lowest BCUT2D eigenvalue weighted by molar-refractivity contribution is -0.147. The van der Waals surface area contributed by atoms with Gasteiger partial charge < -0.3 is 51.2 Å². The first-order valence-corrected chi connectivity index (χ1v) is 28.4. The number of amides is 6. The van der Waals surface area contributed by atoms with Gasteiger partial charge in [-0.3, -0.25) is 28.8 Å². The Balaban J connectivity index is 0.956. The third-order valence-corrected chi connectivity index (χ3v) is 16.5. The molecule has 8 rings (SSSR count). The van der Waals surface area contributed by atoms with E-state index < -0.39 is 65.1 Å². The van der Waals surface area contributed by atoms with E-state index in [4.69, 9.17) is 9.47 Å². The number of hydrogen-bond acceptors (Lipinski definition) is 11. The first kappa shape index (κ1) is 59.2. The van der Waals surface area contributed by atoms with Crippen molar-refractivity contribution >= 4 is 41.4 Å². The maximum atomic E-state index is 14.9. The third kappa shape index (κ3) is 13.8. The Labute approximate surface area is 471 Å². The van der Waals surface area contributed by atoms with Gasteiger partial charge in [-0.15, -0.1) is 0 Å². The second kappa shape index (κ2) is 25.2. The average molecular weight is 1100 g/mol. The summed E-state index contributed by atoms with van der Waals surface area (Å²) in [6.45, 7) is 15.0. The van der Waals surface area contributed by atoms with Gasteiger partial charge in [0, 0.05) is 25.9 Å². The highest BCUT2D eigenvalue weighted by atomic mass is 16.5. The summed E-state index contributed by atoms with van der Waals surface area (Å²) in [5.41, 5.74) is 5.74. The highest BCUT2D eigenvalue weighted by Crippen LogP contribution is 2.35. The minimum absolute atomic E-state index is 0.0364. The summed E-state index contributed by atoms with van der Waals surface area (Å²) < 4.78 is 12.4. The lowest BCUT2D eigenvalue weighted by atomic mass is 9.83. The zero-order chi connectivity index (χ0) is 57.6. The van der Waals surface area contributed by atoms with E-state index in [1.54, 1.807) is 74.1 Å². The first-order valence-electron chi connectivity index (χ1n) is 28.4. The smallest absolute Gasteiger partial charge is 0.343 e. The minimum Gasteiger partial charge on any atom is -0.423 e. The lowest BCUT2D eigenvalue weighted by Gasteiger charge is -2.41. The quantitative estimate of drug-likeness (QED) is 0.0509. The van der Waals surface area contributed by atoms with Gasteiger partial charge in [-0.2, -0.15) is 0 Å². The fraction of sp³-hybridized carbons (Fsp3) is 0.508. The van der Waals surface area contributed by atoms with Crippen LogP contribution in [0.1, 0.15) is 149 Å². The number of likely N-dealkylation sites (N-methyl/N-ethyl adjacent to an activating group) is 2. The molecule has 2 aliphatic carbocycles. The normalized spacial score (nSPS) is 21.3. The fourth-order valence-corrected chi connectivity index (χ4v) is 11.4. The molecule has 2 heterocycles. The maximum absolute atomic E-state index is 14.9. The van der Waals surface area contributed by atoms with Gasteiger partial charge in [0.05, 0.1) is 42.4 Å². The van der Waals surface area contributed by atoms with E-state index in [1.165, 1.54) is 11.1 Å². The van der Waals surface area contributed by atoms with E-state index in [2.05, 4.69) is 44.0 Å². The van der Waals surface area contributed by atoms with Crippen LogP contribution < -0.4 is 36.6 Å². The van der Waals surface area contributed by atoms with Crippen molar-refractivity contribution in [3.05, 3.63) is 136 Å². The SMILES string of the molecule is CN[C@@H](C)C(=O)NC(C(=O)N1Cc2cc(OC(=O)c3ccc(CO[C@H]4C[C@@H](C(=O)N[C@@H]5CCCc6ccccc65)N(C(=O)[C@@H](NC(=O)[C@H](C)NC)C(C)(C)C)C4)cc3)ccc2C[C@H]1C(=O)N[C@@H]1CCCc2ccccc21)C(C)(C)C. The van der Waals surface area contributed by atoms with Crippen molar-refractivity contribution in [3.63, 3.8) is 0 Å². The topological polar surface area (TPSA) is 217 Å². The summed E-state index contributed by atoms with van der Waals surface area (Å²) in [6, 6.07) is 23.2. The van der Waals surface area contributed by atoms with Crippen LogP contribution in [-0.2, 0) is 65.9 Å². The molecule has 0 radical (unpaired) electrons. The first-order chi connectivity index (χ1) is 38.0. The summed E-state index contributed by atoms with van der Waals surface area (Å²) in [4.78, 5) is 102. The molecule has 2 aliphatic heterocycles. The van der Waals surface area contributed by atoms with Gasteiger partial charge in [0.25, 0.3) is 0 Å². The summed E-state index contributed by atoms with van der Waals surface area (Å²) in [7, 11) is 3.35. The Morgan fingerprint density at radius 2 is 1.12 bits per heavy atom. The number of nitrogens with zero attached hydrogens (tertiary/aromatic N) is 2. The molecule has 80 heavy (non-hydrogen) atoms. The van der Waals surface area contributed by atoms with E-state index in [1.807, 2.05) is 84.0 Å². The zero-order valence-electron chi connectivity index (χ0n) is 48.2. The van der Waals surface area contributed by atoms with E-state index in [-0.39, 0.29) is 85.5 Å². The Hall–Kier alpha value is -6.95. The number of likely N-dealkylation sites (tertiary alicyclic amines) is 1. The van der Waals surface area contributed by atoms with Crippen molar-refractivity contribution in [1.82, 2.24) is 41.7 Å². The highest BCUT2D eigenvalue weighted by molar-refractivity contribution is 5.96. The van der Waals surface area contributed by atoms with Gasteiger partial charge in [0.15, 0.2) is 0 Å².